The molecule has 3 fully saturated rings. The molecule has 30 heavy (non-hydrogen) atoms. The van der Waals surface area contributed by atoms with Gasteiger partial charge in [0.2, 0.25) is 0 Å². The summed E-state index contributed by atoms with van der Waals surface area (Å²) in [6.07, 6.45) is 8.71. The van der Waals surface area contributed by atoms with Gasteiger partial charge in [-0.25, -0.2) is 15.0 Å². The maximum Gasteiger partial charge on any atom is 0.141 e. The Balaban J connectivity index is 1.16. The highest BCUT2D eigenvalue weighted by molar-refractivity contribution is 5.90. The molecule has 0 saturated carbocycles. The van der Waals surface area contributed by atoms with E-state index >= 15 is 0 Å². The maximum atomic E-state index is 4.77. The Labute approximate surface area is 174 Å². The lowest BCUT2D eigenvalue weighted by atomic mass is 9.87. The van der Waals surface area contributed by atoms with Gasteiger partial charge in [0.05, 0.1) is 5.69 Å². The molecule has 3 aliphatic rings. The fourth-order valence-corrected chi connectivity index (χ4v) is 4.75. The number of nitrogens with one attached hydrogen (secondary N) is 1. The highest BCUT2D eigenvalue weighted by atomic mass is 15.4. The van der Waals surface area contributed by atoms with Crippen LogP contribution in [0.15, 0.2) is 55.2 Å². The predicted molar refractivity (Wildman–Crippen MR) is 116 cm³/mol. The van der Waals surface area contributed by atoms with Crippen LogP contribution in [-0.4, -0.2) is 55.0 Å². The number of piperazine rings is 1. The normalized spacial score (nSPS) is 21.0. The van der Waals surface area contributed by atoms with Gasteiger partial charge >= 0.3 is 0 Å². The zero-order valence-corrected chi connectivity index (χ0v) is 16.9. The zero-order valence-electron chi connectivity index (χ0n) is 16.9. The number of H-pyrrole nitrogens is 1. The Morgan fingerprint density at radius 2 is 1.87 bits per heavy atom. The van der Waals surface area contributed by atoms with Crippen LogP contribution in [0, 0.1) is 6.92 Å². The number of aromatic nitrogens is 5. The van der Waals surface area contributed by atoms with Gasteiger partial charge in [-0.3, -0.25) is 9.88 Å². The largest absolute Gasteiger partial charge is 0.353 e. The molecule has 7 heteroatoms. The van der Waals surface area contributed by atoms with Crippen LogP contribution in [0.1, 0.15) is 17.7 Å². The van der Waals surface area contributed by atoms with Crippen LogP contribution in [0.4, 0.5) is 5.82 Å². The standard InChI is InChI=1S/C23H23N7/c1-15-2-3-16(9-25-15)11-30-18-8-19(30)13-29(12-18)21-5-4-17(10-26-21)22-20-6-7-24-23(20)28-14-27-22/h2-7,9-10,14,18-19H,8,11-13H2,1H3,(H,24,27,28). The first kappa shape index (κ1) is 17.5. The number of aromatic amines is 1. The first-order chi connectivity index (χ1) is 14.7. The summed E-state index contributed by atoms with van der Waals surface area (Å²) < 4.78 is 0. The van der Waals surface area contributed by atoms with Gasteiger partial charge in [-0.1, -0.05) is 6.07 Å². The second kappa shape index (κ2) is 6.88. The molecule has 2 atom stereocenters. The van der Waals surface area contributed by atoms with Crippen LogP contribution >= 0.6 is 0 Å². The summed E-state index contributed by atoms with van der Waals surface area (Å²) in [7, 11) is 0. The van der Waals surface area contributed by atoms with E-state index in [4.69, 9.17) is 4.98 Å². The van der Waals surface area contributed by atoms with Crippen molar-refractivity contribution in [1.29, 1.82) is 0 Å². The number of fused-ring (bicyclic) bond motifs is 3. The van der Waals surface area contributed by atoms with E-state index in [1.165, 1.54) is 12.0 Å². The molecule has 7 nitrogen and oxygen atoms in total. The predicted octanol–water partition coefficient (Wildman–Crippen LogP) is 3.19. The fourth-order valence-electron chi connectivity index (χ4n) is 4.75. The molecule has 7 rings (SSSR count). The summed E-state index contributed by atoms with van der Waals surface area (Å²) in [4.78, 5) is 26.1. The molecule has 2 unspecified atom stereocenters. The van der Waals surface area contributed by atoms with Crippen LogP contribution in [0.25, 0.3) is 22.3 Å². The van der Waals surface area contributed by atoms with Crippen molar-refractivity contribution in [2.75, 3.05) is 18.0 Å². The van der Waals surface area contributed by atoms with Gasteiger partial charge in [0.25, 0.3) is 0 Å². The lowest BCUT2D eigenvalue weighted by molar-refractivity contribution is -0.00875. The van der Waals surface area contributed by atoms with E-state index in [0.717, 1.165) is 53.4 Å². The zero-order chi connectivity index (χ0) is 20.1. The van der Waals surface area contributed by atoms with Gasteiger partial charge in [-0.2, -0.15) is 0 Å². The SMILES string of the molecule is Cc1ccc(CN2C3CC2CN(c2ccc(-c4ncnc5[nH]ccc45)cn2)C3)cn1. The summed E-state index contributed by atoms with van der Waals surface area (Å²) in [5.74, 6) is 1.05. The number of anilines is 1. The molecule has 4 aromatic rings. The number of nitrogens with zero attached hydrogens (tertiary/aromatic N) is 6. The van der Waals surface area contributed by atoms with Gasteiger partial charge in [-0.05, 0) is 43.2 Å². The minimum Gasteiger partial charge on any atom is -0.353 e. The minimum atomic E-state index is 0.591. The molecule has 7 heterocycles. The van der Waals surface area contributed by atoms with E-state index in [2.05, 4.69) is 54.0 Å². The average molecular weight is 397 g/mol. The molecule has 0 amide bonds. The summed E-state index contributed by atoms with van der Waals surface area (Å²) in [6.45, 7) is 5.07. The highest BCUT2D eigenvalue weighted by Crippen LogP contribution is 2.35. The van der Waals surface area contributed by atoms with E-state index < -0.39 is 0 Å². The Morgan fingerprint density at radius 3 is 2.63 bits per heavy atom. The lowest BCUT2D eigenvalue weighted by Gasteiger charge is -2.56. The topological polar surface area (TPSA) is 73.8 Å². The molecule has 3 aliphatic heterocycles. The van der Waals surface area contributed by atoms with Crippen molar-refractivity contribution in [2.24, 2.45) is 0 Å². The molecule has 0 aromatic carbocycles. The monoisotopic (exact) mass is 397 g/mol. The summed E-state index contributed by atoms with van der Waals surface area (Å²) in [6, 6.07) is 11.7. The number of aryl methyl sites for hydroxylation is 1. The van der Waals surface area contributed by atoms with Crippen molar-refractivity contribution in [3.05, 3.63) is 66.5 Å². The van der Waals surface area contributed by atoms with E-state index in [1.54, 1.807) is 6.33 Å². The lowest BCUT2D eigenvalue weighted by Crippen LogP contribution is -2.68. The van der Waals surface area contributed by atoms with Gasteiger partial charge < -0.3 is 9.88 Å². The van der Waals surface area contributed by atoms with Crippen LogP contribution in [-0.2, 0) is 6.54 Å². The highest BCUT2D eigenvalue weighted by Gasteiger charge is 2.44. The molecule has 2 bridgehead atoms. The van der Waals surface area contributed by atoms with E-state index in [0.29, 0.717) is 12.1 Å². The summed E-state index contributed by atoms with van der Waals surface area (Å²) in [5, 5.41) is 1.02. The number of pyridine rings is 2. The first-order valence-corrected chi connectivity index (χ1v) is 10.4. The number of piperidine rings is 1. The van der Waals surface area contributed by atoms with Gasteiger partial charge in [0, 0.05) is 67.0 Å². The van der Waals surface area contributed by atoms with Crippen molar-refractivity contribution in [3.63, 3.8) is 0 Å². The van der Waals surface area contributed by atoms with E-state index in [9.17, 15) is 0 Å². The van der Waals surface area contributed by atoms with Crippen molar-refractivity contribution in [2.45, 2.75) is 32.0 Å². The third kappa shape index (κ3) is 2.93. The second-order valence-electron chi connectivity index (χ2n) is 8.30. The molecular weight excluding hydrogens is 374 g/mol. The number of hydrogen-bond acceptors (Lipinski definition) is 6. The van der Waals surface area contributed by atoms with Gasteiger partial charge in [0.15, 0.2) is 0 Å². The van der Waals surface area contributed by atoms with Gasteiger partial charge in [-0.15, -0.1) is 0 Å². The van der Waals surface area contributed by atoms with Crippen molar-refractivity contribution in [1.82, 2.24) is 29.8 Å². The molecule has 0 radical (unpaired) electrons. The van der Waals surface area contributed by atoms with Crippen molar-refractivity contribution >= 4 is 16.9 Å². The second-order valence-corrected chi connectivity index (χ2v) is 8.30. The fraction of sp³-hybridized carbons (Fsp3) is 0.304. The van der Waals surface area contributed by atoms with Crippen LogP contribution in [0.2, 0.25) is 0 Å². The molecule has 4 aromatic heterocycles. The third-order valence-corrected chi connectivity index (χ3v) is 6.38. The Morgan fingerprint density at radius 1 is 0.967 bits per heavy atom. The number of rotatable bonds is 4. The molecule has 0 spiro atoms. The maximum absolute atomic E-state index is 4.77. The molecule has 150 valence electrons. The minimum absolute atomic E-state index is 0.591. The Kier molecular flexibility index (Phi) is 4.02. The summed E-state index contributed by atoms with van der Waals surface area (Å²) in [5.41, 5.74) is 5.15. The van der Waals surface area contributed by atoms with Crippen LogP contribution < -0.4 is 4.90 Å². The van der Waals surface area contributed by atoms with E-state index in [-0.39, 0.29) is 0 Å². The molecular formula is C23H23N7. The quantitative estimate of drug-likeness (QED) is 0.570. The summed E-state index contributed by atoms with van der Waals surface area (Å²) >= 11 is 0. The van der Waals surface area contributed by atoms with Crippen molar-refractivity contribution in [3.8, 4) is 11.3 Å². The number of hydrogen-bond donors (Lipinski definition) is 1. The van der Waals surface area contributed by atoms with Crippen molar-refractivity contribution < 1.29 is 0 Å². The van der Waals surface area contributed by atoms with Gasteiger partial charge in [0.1, 0.15) is 17.8 Å². The smallest absolute Gasteiger partial charge is 0.141 e. The van der Waals surface area contributed by atoms with Crippen LogP contribution in [0.3, 0.4) is 0 Å². The molecule has 0 aliphatic carbocycles. The van der Waals surface area contributed by atoms with Crippen LogP contribution in [0.5, 0.6) is 0 Å². The Bertz CT molecular complexity index is 1170. The average Bonchev–Trinajstić information content (AvgIpc) is 3.28. The third-order valence-electron chi connectivity index (χ3n) is 6.38. The van der Waals surface area contributed by atoms with E-state index in [1.807, 2.05) is 31.6 Å². The molecule has 3 saturated heterocycles. The Hall–Kier alpha value is -3.32. The molecule has 1 N–H and O–H groups in total. The first-order valence-electron chi connectivity index (χ1n) is 10.4.